The summed E-state index contributed by atoms with van der Waals surface area (Å²) in [5, 5.41) is 10.5. The molecule has 132 valence electrons. The summed E-state index contributed by atoms with van der Waals surface area (Å²) in [5.74, 6) is 1.25. The van der Waals surface area contributed by atoms with Gasteiger partial charge in [-0.05, 0) is 48.5 Å². The zero-order valence-electron chi connectivity index (χ0n) is 14.1. The van der Waals surface area contributed by atoms with E-state index < -0.39 is 0 Å². The number of hydrogen-bond donors (Lipinski definition) is 0. The first-order valence-electron chi connectivity index (χ1n) is 8.20. The predicted molar refractivity (Wildman–Crippen MR) is 107 cm³/mol. The van der Waals surface area contributed by atoms with Crippen molar-refractivity contribution in [3.63, 3.8) is 0 Å². The van der Waals surface area contributed by atoms with E-state index >= 15 is 0 Å². The third kappa shape index (κ3) is 3.61. The van der Waals surface area contributed by atoms with E-state index in [0.717, 1.165) is 16.6 Å². The minimum absolute atomic E-state index is 0.416. The summed E-state index contributed by atoms with van der Waals surface area (Å²) >= 11 is 12.0. The second kappa shape index (κ2) is 7.32. The second-order valence-electron chi connectivity index (χ2n) is 5.97. The summed E-state index contributed by atoms with van der Waals surface area (Å²) in [6.07, 6.45) is 3.47. The molecule has 0 aliphatic carbocycles. The van der Waals surface area contributed by atoms with Crippen molar-refractivity contribution in [1.29, 1.82) is 5.26 Å². The van der Waals surface area contributed by atoms with Gasteiger partial charge in [0.2, 0.25) is 0 Å². The molecule has 0 radical (unpaired) electrons. The lowest BCUT2D eigenvalue weighted by Crippen LogP contribution is -1.98. The molecule has 0 amide bonds. The molecule has 0 aliphatic rings. The summed E-state index contributed by atoms with van der Waals surface area (Å²) in [5.41, 5.74) is 3.26. The number of hydrogen-bond acceptors (Lipinski definition) is 3. The van der Waals surface area contributed by atoms with Gasteiger partial charge in [-0.3, -0.25) is 0 Å². The van der Waals surface area contributed by atoms with Gasteiger partial charge in [0.05, 0.1) is 45.6 Å². The number of nitrogens with zero attached hydrogens (tertiary/aromatic N) is 3. The molecule has 2 aromatic carbocycles. The lowest BCUT2D eigenvalue weighted by molar-refractivity contribution is 0.571. The Hall–Kier alpha value is -3.00. The normalized spacial score (nSPS) is 11.7. The average molecular weight is 394 g/mol. The standard InChI is InChI=1S/C21H13Cl2N3O/c22-17-7-5-15(10-18(17)23)21-8-6-16(27-21)9-14(11-24)12-26-13-25-19-3-1-2-4-20(19)26/h1-10,13H,12H2/b14-9-. The Kier molecular flexibility index (Phi) is 4.72. The number of benzene rings is 2. The maximum absolute atomic E-state index is 9.52. The largest absolute Gasteiger partial charge is 0.457 e. The summed E-state index contributed by atoms with van der Waals surface area (Å²) in [7, 11) is 0. The molecule has 0 saturated heterocycles. The van der Waals surface area contributed by atoms with E-state index in [2.05, 4.69) is 11.1 Å². The van der Waals surface area contributed by atoms with Crippen molar-refractivity contribution in [3.8, 4) is 17.4 Å². The molecule has 4 rings (SSSR count). The van der Waals surface area contributed by atoms with Gasteiger partial charge in [0.15, 0.2) is 0 Å². The van der Waals surface area contributed by atoms with Crippen molar-refractivity contribution in [2.75, 3.05) is 0 Å². The number of imidazole rings is 1. The zero-order chi connectivity index (χ0) is 18.8. The number of aromatic nitrogens is 2. The van der Waals surface area contributed by atoms with Gasteiger partial charge in [-0.2, -0.15) is 5.26 Å². The second-order valence-corrected chi connectivity index (χ2v) is 6.79. The van der Waals surface area contributed by atoms with Gasteiger partial charge in [-0.1, -0.05) is 35.3 Å². The molecular formula is C21H13Cl2N3O. The van der Waals surface area contributed by atoms with Crippen LogP contribution in [0.5, 0.6) is 0 Å². The minimum atomic E-state index is 0.416. The minimum Gasteiger partial charge on any atom is -0.457 e. The number of nitriles is 1. The van der Waals surface area contributed by atoms with Crippen LogP contribution in [0.1, 0.15) is 5.76 Å². The first-order valence-corrected chi connectivity index (χ1v) is 8.95. The van der Waals surface area contributed by atoms with Crippen LogP contribution >= 0.6 is 23.2 Å². The Balaban J connectivity index is 1.61. The zero-order valence-corrected chi connectivity index (χ0v) is 15.6. The van der Waals surface area contributed by atoms with Crippen molar-refractivity contribution in [3.05, 3.63) is 82.3 Å². The Bertz CT molecular complexity index is 1200. The molecule has 0 fully saturated rings. The fourth-order valence-electron chi connectivity index (χ4n) is 2.84. The highest BCUT2D eigenvalue weighted by Gasteiger charge is 2.08. The van der Waals surface area contributed by atoms with Crippen LogP contribution in [0.4, 0.5) is 0 Å². The molecule has 0 N–H and O–H groups in total. The smallest absolute Gasteiger partial charge is 0.134 e. The van der Waals surface area contributed by atoms with Gasteiger partial charge < -0.3 is 8.98 Å². The SMILES string of the molecule is N#C/C(=C/c1ccc(-c2ccc(Cl)c(Cl)c2)o1)Cn1cnc2ccccc21. The van der Waals surface area contributed by atoms with Crippen molar-refractivity contribution < 1.29 is 4.42 Å². The van der Waals surface area contributed by atoms with Crippen LogP contribution in [0.3, 0.4) is 0 Å². The van der Waals surface area contributed by atoms with Crippen molar-refractivity contribution in [2.45, 2.75) is 6.54 Å². The molecule has 0 atom stereocenters. The Morgan fingerprint density at radius 3 is 2.78 bits per heavy atom. The molecule has 2 heterocycles. The molecule has 4 aromatic rings. The van der Waals surface area contributed by atoms with Gasteiger partial charge in [-0.15, -0.1) is 0 Å². The first kappa shape index (κ1) is 17.4. The lowest BCUT2D eigenvalue weighted by Gasteiger charge is -2.02. The molecule has 0 saturated carbocycles. The molecule has 2 aromatic heterocycles. The number of halogens is 2. The van der Waals surface area contributed by atoms with E-state index in [1.54, 1.807) is 24.5 Å². The van der Waals surface area contributed by atoms with E-state index in [-0.39, 0.29) is 0 Å². The topological polar surface area (TPSA) is 54.8 Å². The predicted octanol–water partition coefficient (Wildman–Crippen LogP) is 6.21. The van der Waals surface area contributed by atoms with E-state index in [4.69, 9.17) is 27.6 Å². The summed E-state index contributed by atoms with van der Waals surface area (Å²) in [6.45, 7) is 0.416. The molecule has 6 heteroatoms. The number of rotatable bonds is 4. The fraction of sp³-hybridized carbons (Fsp3) is 0.0476. The average Bonchev–Trinajstić information content (AvgIpc) is 3.31. The Morgan fingerprint density at radius 2 is 1.96 bits per heavy atom. The molecular weight excluding hydrogens is 381 g/mol. The molecule has 0 unspecified atom stereocenters. The van der Waals surface area contributed by atoms with E-state index in [1.165, 1.54) is 0 Å². The number of allylic oxidation sites excluding steroid dienone is 1. The van der Waals surface area contributed by atoms with Crippen LogP contribution in [0.25, 0.3) is 28.4 Å². The number of furan rings is 1. The van der Waals surface area contributed by atoms with E-state index in [1.807, 2.05) is 47.0 Å². The van der Waals surface area contributed by atoms with E-state index in [0.29, 0.717) is 33.7 Å². The van der Waals surface area contributed by atoms with Crippen LogP contribution in [-0.4, -0.2) is 9.55 Å². The Labute approximate surface area is 165 Å². The summed E-state index contributed by atoms with van der Waals surface area (Å²) in [4.78, 5) is 4.35. The van der Waals surface area contributed by atoms with Gasteiger partial charge in [-0.25, -0.2) is 4.98 Å². The van der Waals surface area contributed by atoms with Crippen molar-refractivity contribution in [1.82, 2.24) is 9.55 Å². The summed E-state index contributed by atoms with van der Waals surface area (Å²) < 4.78 is 7.79. The van der Waals surface area contributed by atoms with Gasteiger partial charge >= 0.3 is 0 Å². The lowest BCUT2D eigenvalue weighted by atomic mass is 10.2. The van der Waals surface area contributed by atoms with Crippen LogP contribution < -0.4 is 0 Å². The van der Waals surface area contributed by atoms with Gasteiger partial charge in [0.1, 0.15) is 11.5 Å². The van der Waals surface area contributed by atoms with Crippen LogP contribution in [-0.2, 0) is 6.54 Å². The maximum Gasteiger partial charge on any atom is 0.134 e. The third-order valence-corrected chi connectivity index (χ3v) is 4.90. The third-order valence-electron chi connectivity index (χ3n) is 4.16. The summed E-state index contributed by atoms with van der Waals surface area (Å²) in [6, 6.07) is 19.0. The number of para-hydroxylation sites is 2. The van der Waals surface area contributed by atoms with Crippen LogP contribution in [0.15, 0.2) is 70.9 Å². The molecule has 0 spiro atoms. The highest BCUT2D eigenvalue weighted by Crippen LogP contribution is 2.30. The van der Waals surface area contributed by atoms with Gasteiger partial charge in [0.25, 0.3) is 0 Å². The van der Waals surface area contributed by atoms with E-state index in [9.17, 15) is 5.26 Å². The maximum atomic E-state index is 9.52. The molecule has 27 heavy (non-hydrogen) atoms. The molecule has 0 bridgehead atoms. The van der Waals surface area contributed by atoms with Crippen LogP contribution in [0.2, 0.25) is 10.0 Å². The van der Waals surface area contributed by atoms with Crippen molar-refractivity contribution >= 4 is 40.3 Å². The number of fused-ring (bicyclic) bond motifs is 1. The van der Waals surface area contributed by atoms with Crippen LogP contribution in [0, 0.1) is 11.3 Å². The highest BCUT2D eigenvalue weighted by atomic mass is 35.5. The van der Waals surface area contributed by atoms with Gasteiger partial charge in [0, 0.05) is 5.56 Å². The van der Waals surface area contributed by atoms with Crippen molar-refractivity contribution in [2.24, 2.45) is 0 Å². The first-order chi connectivity index (χ1) is 13.1. The Morgan fingerprint density at radius 1 is 1.11 bits per heavy atom. The molecule has 4 nitrogen and oxygen atoms in total. The highest BCUT2D eigenvalue weighted by molar-refractivity contribution is 6.42. The quantitative estimate of drug-likeness (QED) is 0.387. The fourth-order valence-corrected chi connectivity index (χ4v) is 3.14. The molecule has 0 aliphatic heterocycles. The monoisotopic (exact) mass is 393 g/mol.